The summed E-state index contributed by atoms with van der Waals surface area (Å²) in [4.78, 5) is 17.5. The summed E-state index contributed by atoms with van der Waals surface area (Å²) in [5.74, 6) is 0.555. The van der Waals surface area contributed by atoms with E-state index in [4.69, 9.17) is 4.74 Å². The molecule has 4 nitrogen and oxygen atoms in total. The van der Waals surface area contributed by atoms with Crippen LogP contribution < -0.4 is 9.54 Å². The molecular weight excluding hydrogens is 388 g/mol. The van der Waals surface area contributed by atoms with E-state index in [0.29, 0.717) is 16.9 Å². The number of carbonyl (C=O) groups is 1. The summed E-state index contributed by atoms with van der Waals surface area (Å²) in [6.07, 6.45) is 0. The van der Waals surface area contributed by atoms with Crippen molar-refractivity contribution in [1.29, 1.82) is 0 Å². The van der Waals surface area contributed by atoms with Crippen LogP contribution in [0.4, 0.5) is 0 Å². The number of carbonyl (C=O) groups excluding carboxylic acids is 1. The fourth-order valence-corrected chi connectivity index (χ4v) is 4.01. The van der Waals surface area contributed by atoms with Crippen molar-refractivity contribution in [3.63, 3.8) is 0 Å². The summed E-state index contributed by atoms with van der Waals surface area (Å²) >= 11 is 4.89. The molecule has 0 saturated heterocycles. The maximum Gasteiger partial charge on any atom is 0.279 e. The Labute approximate surface area is 152 Å². The van der Waals surface area contributed by atoms with Crippen LogP contribution in [0.15, 0.2) is 45.9 Å². The first kappa shape index (κ1) is 16.9. The van der Waals surface area contributed by atoms with Crippen molar-refractivity contribution in [1.82, 2.24) is 4.57 Å². The number of nitrogens with zero attached hydrogens (tertiary/aromatic N) is 2. The molecule has 124 valence electrons. The van der Waals surface area contributed by atoms with Crippen molar-refractivity contribution in [2.45, 2.75) is 20.4 Å². The smallest absolute Gasteiger partial charge is 0.279 e. The largest absolute Gasteiger partial charge is 0.495 e. The number of hydrogen-bond acceptors (Lipinski definition) is 3. The van der Waals surface area contributed by atoms with Crippen LogP contribution in [0, 0.1) is 6.92 Å². The molecule has 6 heteroatoms. The molecule has 24 heavy (non-hydrogen) atoms. The highest BCUT2D eigenvalue weighted by Crippen LogP contribution is 2.30. The fourth-order valence-electron chi connectivity index (χ4n) is 2.57. The van der Waals surface area contributed by atoms with Gasteiger partial charge in [-0.15, -0.1) is 0 Å². The van der Waals surface area contributed by atoms with Gasteiger partial charge in [0.2, 0.25) is 0 Å². The molecule has 0 unspecified atom stereocenters. The van der Waals surface area contributed by atoms with Gasteiger partial charge < -0.3 is 9.30 Å². The van der Waals surface area contributed by atoms with Crippen LogP contribution in [-0.2, 0) is 6.54 Å². The van der Waals surface area contributed by atoms with Crippen LogP contribution in [-0.4, -0.2) is 17.6 Å². The third-order valence-electron chi connectivity index (χ3n) is 3.81. The first-order chi connectivity index (χ1) is 11.5. The van der Waals surface area contributed by atoms with Gasteiger partial charge in [-0.3, -0.25) is 4.79 Å². The number of rotatable bonds is 3. The van der Waals surface area contributed by atoms with E-state index in [0.717, 1.165) is 26.0 Å². The second kappa shape index (κ2) is 6.91. The highest BCUT2D eigenvalue weighted by Gasteiger charge is 2.13. The van der Waals surface area contributed by atoms with Crippen LogP contribution in [0.25, 0.3) is 10.2 Å². The Morgan fingerprint density at radius 3 is 2.58 bits per heavy atom. The van der Waals surface area contributed by atoms with Gasteiger partial charge >= 0.3 is 0 Å². The van der Waals surface area contributed by atoms with Crippen molar-refractivity contribution in [3.05, 3.63) is 56.8 Å². The Kier molecular flexibility index (Phi) is 4.87. The highest BCUT2D eigenvalue weighted by molar-refractivity contribution is 9.10. The molecule has 0 atom stereocenters. The first-order valence-electron chi connectivity index (χ1n) is 7.56. The first-order valence-corrected chi connectivity index (χ1v) is 9.17. The second-order valence-corrected chi connectivity index (χ2v) is 7.21. The summed E-state index contributed by atoms with van der Waals surface area (Å²) in [5.41, 5.74) is 2.71. The van der Waals surface area contributed by atoms with Gasteiger partial charge in [-0.2, -0.15) is 4.99 Å². The number of fused-ring (bicyclic) bond motifs is 1. The van der Waals surface area contributed by atoms with Gasteiger partial charge in [-0.1, -0.05) is 33.3 Å². The molecule has 0 fully saturated rings. The molecule has 0 spiro atoms. The Bertz CT molecular complexity index is 971. The maximum absolute atomic E-state index is 12.5. The minimum atomic E-state index is -0.243. The SMILES string of the molecule is CCn1c(=NC(=O)c2ccc(Br)cc2)sc2c(C)ccc(OC)c21. The van der Waals surface area contributed by atoms with Gasteiger partial charge in [0.1, 0.15) is 11.3 Å². The van der Waals surface area contributed by atoms with Crippen molar-refractivity contribution in [3.8, 4) is 5.75 Å². The third-order valence-corrected chi connectivity index (χ3v) is 5.55. The minimum absolute atomic E-state index is 0.243. The van der Waals surface area contributed by atoms with E-state index in [1.54, 1.807) is 19.2 Å². The van der Waals surface area contributed by atoms with E-state index in [9.17, 15) is 4.79 Å². The number of aryl methyl sites for hydroxylation is 2. The topological polar surface area (TPSA) is 43.6 Å². The van der Waals surface area contributed by atoms with Crippen molar-refractivity contribution in [2.24, 2.45) is 4.99 Å². The lowest BCUT2D eigenvalue weighted by atomic mass is 10.2. The number of hydrogen-bond donors (Lipinski definition) is 0. The van der Waals surface area contributed by atoms with Crippen LogP contribution >= 0.6 is 27.3 Å². The van der Waals surface area contributed by atoms with E-state index >= 15 is 0 Å². The van der Waals surface area contributed by atoms with Gasteiger partial charge in [-0.05, 0) is 49.7 Å². The summed E-state index contributed by atoms with van der Waals surface area (Å²) in [6, 6.07) is 11.2. The Hall–Kier alpha value is -1.92. The average molecular weight is 405 g/mol. The number of aromatic nitrogens is 1. The summed E-state index contributed by atoms with van der Waals surface area (Å²) in [7, 11) is 1.66. The third kappa shape index (κ3) is 3.03. The van der Waals surface area contributed by atoms with E-state index in [1.807, 2.05) is 35.8 Å². The van der Waals surface area contributed by atoms with Gasteiger partial charge in [-0.25, -0.2) is 0 Å². The molecule has 1 amide bonds. The zero-order valence-corrected chi connectivity index (χ0v) is 16.1. The molecule has 0 aliphatic rings. The van der Waals surface area contributed by atoms with Gasteiger partial charge in [0.05, 0.1) is 11.8 Å². The predicted molar refractivity (Wildman–Crippen MR) is 101 cm³/mol. The number of amides is 1. The zero-order chi connectivity index (χ0) is 17.3. The lowest BCUT2D eigenvalue weighted by molar-refractivity contribution is 0.0998. The van der Waals surface area contributed by atoms with E-state index in [1.165, 1.54) is 11.3 Å². The Balaban J connectivity index is 2.20. The van der Waals surface area contributed by atoms with Crippen LogP contribution in [0.5, 0.6) is 5.75 Å². The molecule has 3 aromatic rings. The minimum Gasteiger partial charge on any atom is -0.495 e. The lowest BCUT2D eigenvalue weighted by Crippen LogP contribution is -2.16. The number of methoxy groups -OCH3 is 1. The average Bonchev–Trinajstić information content (AvgIpc) is 2.95. The summed E-state index contributed by atoms with van der Waals surface area (Å²) < 4.78 is 9.56. The quantitative estimate of drug-likeness (QED) is 0.642. The fraction of sp³-hybridized carbons (Fsp3) is 0.222. The lowest BCUT2D eigenvalue weighted by Gasteiger charge is -2.07. The molecule has 3 rings (SSSR count). The molecule has 2 aromatic carbocycles. The van der Waals surface area contributed by atoms with Crippen LogP contribution in [0.2, 0.25) is 0 Å². The van der Waals surface area contributed by atoms with E-state index in [-0.39, 0.29) is 5.91 Å². The highest BCUT2D eigenvalue weighted by atomic mass is 79.9. The molecule has 0 bridgehead atoms. The number of benzene rings is 2. The molecule has 1 heterocycles. The maximum atomic E-state index is 12.5. The second-order valence-electron chi connectivity index (χ2n) is 5.32. The molecule has 1 aromatic heterocycles. The Morgan fingerprint density at radius 1 is 1.25 bits per heavy atom. The number of ether oxygens (including phenoxy) is 1. The van der Waals surface area contributed by atoms with Crippen molar-refractivity contribution >= 4 is 43.4 Å². The van der Waals surface area contributed by atoms with E-state index in [2.05, 4.69) is 27.8 Å². The zero-order valence-electron chi connectivity index (χ0n) is 13.7. The van der Waals surface area contributed by atoms with Gasteiger partial charge in [0.25, 0.3) is 5.91 Å². The molecular formula is C18H17BrN2O2S. The Morgan fingerprint density at radius 2 is 1.96 bits per heavy atom. The number of thiazole rings is 1. The standard InChI is InChI=1S/C18H17BrN2O2S/c1-4-21-15-14(23-3)10-5-11(2)16(15)24-18(21)20-17(22)12-6-8-13(19)9-7-12/h5-10H,4H2,1-3H3. The monoisotopic (exact) mass is 404 g/mol. The van der Waals surface area contributed by atoms with Gasteiger partial charge in [0.15, 0.2) is 4.80 Å². The molecule has 0 saturated carbocycles. The molecule has 0 aliphatic carbocycles. The van der Waals surface area contributed by atoms with Crippen molar-refractivity contribution in [2.75, 3.05) is 7.11 Å². The van der Waals surface area contributed by atoms with Crippen LogP contribution in [0.1, 0.15) is 22.8 Å². The molecule has 0 N–H and O–H groups in total. The van der Waals surface area contributed by atoms with Gasteiger partial charge in [0, 0.05) is 16.6 Å². The number of halogens is 1. The molecule has 0 aliphatic heterocycles. The van der Waals surface area contributed by atoms with E-state index < -0.39 is 0 Å². The summed E-state index contributed by atoms with van der Waals surface area (Å²) in [5, 5.41) is 0. The van der Waals surface area contributed by atoms with Crippen molar-refractivity contribution < 1.29 is 9.53 Å². The van der Waals surface area contributed by atoms with Crippen LogP contribution in [0.3, 0.4) is 0 Å². The predicted octanol–water partition coefficient (Wildman–Crippen LogP) is 4.54. The normalized spacial score (nSPS) is 11.9. The summed E-state index contributed by atoms with van der Waals surface area (Å²) in [6.45, 7) is 4.81. The molecule has 0 radical (unpaired) electrons.